The van der Waals surface area contributed by atoms with E-state index in [1.54, 1.807) is 4.31 Å². The van der Waals surface area contributed by atoms with E-state index in [9.17, 15) is 8.42 Å². The third-order valence-electron chi connectivity index (χ3n) is 3.22. The van der Waals surface area contributed by atoms with Crippen molar-refractivity contribution in [2.75, 3.05) is 25.1 Å². The summed E-state index contributed by atoms with van der Waals surface area (Å²) in [6, 6.07) is 0.545. The Labute approximate surface area is 122 Å². The fraction of sp³-hybridized carbons (Fsp3) is 1.00. The summed E-state index contributed by atoms with van der Waals surface area (Å²) in [6.07, 6.45) is 3.26. The maximum atomic E-state index is 11.6. The molecule has 1 saturated heterocycles. The standard InChI is InChI=1S/C13H28N2O2S2/c1-11(10-18-13(2,3)4)14-9-12-7-6-8-15(12)19(5,16)17/h11-12,14H,6-10H2,1-5H3/t11?,12-/m1/s1. The van der Waals surface area contributed by atoms with Gasteiger partial charge in [-0.15, -0.1) is 0 Å². The fourth-order valence-electron chi connectivity index (χ4n) is 2.22. The number of hydrogen-bond acceptors (Lipinski definition) is 4. The van der Waals surface area contributed by atoms with E-state index in [2.05, 4.69) is 33.0 Å². The van der Waals surface area contributed by atoms with Crippen LogP contribution in [0.1, 0.15) is 40.5 Å². The van der Waals surface area contributed by atoms with Crippen LogP contribution < -0.4 is 5.32 Å². The van der Waals surface area contributed by atoms with Crippen LogP contribution in [0.3, 0.4) is 0 Å². The smallest absolute Gasteiger partial charge is 0.211 e. The number of nitrogens with zero attached hydrogens (tertiary/aromatic N) is 1. The molecule has 0 bridgehead atoms. The Kier molecular flexibility index (Phi) is 6.17. The van der Waals surface area contributed by atoms with E-state index < -0.39 is 10.0 Å². The summed E-state index contributed by atoms with van der Waals surface area (Å²) in [6.45, 7) is 10.2. The fourth-order valence-corrected chi connectivity index (χ4v) is 4.27. The average Bonchev–Trinajstić information content (AvgIpc) is 2.70. The van der Waals surface area contributed by atoms with Gasteiger partial charge in [-0.3, -0.25) is 0 Å². The molecule has 1 aliphatic heterocycles. The van der Waals surface area contributed by atoms with Crippen molar-refractivity contribution in [2.45, 2.75) is 57.4 Å². The highest BCUT2D eigenvalue weighted by Crippen LogP contribution is 2.24. The molecular weight excluding hydrogens is 280 g/mol. The van der Waals surface area contributed by atoms with Gasteiger partial charge in [0, 0.05) is 35.7 Å². The van der Waals surface area contributed by atoms with Crippen molar-refractivity contribution in [2.24, 2.45) is 0 Å². The van der Waals surface area contributed by atoms with Gasteiger partial charge in [0.25, 0.3) is 0 Å². The van der Waals surface area contributed by atoms with Crippen molar-refractivity contribution < 1.29 is 8.42 Å². The first-order valence-electron chi connectivity index (χ1n) is 6.94. The molecule has 114 valence electrons. The topological polar surface area (TPSA) is 49.4 Å². The molecule has 1 rings (SSSR count). The first kappa shape index (κ1) is 17.3. The first-order valence-corrected chi connectivity index (χ1v) is 9.77. The van der Waals surface area contributed by atoms with Crippen LogP contribution in [-0.2, 0) is 10.0 Å². The molecule has 0 saturated carbocycles. The van der Waals surface area contributed by atoms with Crippen LogP contribution in [0.4, 0.5) is 0 Å². The predicted molar refractivity (Wildman–Crippen MR) is 84.2 cm³/mol. The number of nitrogens with one attached hydrogen (secondary N) is 1. The molecular formula is C13H28N2O2S2. The van der Waals surface area contributed by atoms with E-state index in [0.717, 1.165) is 25.1 Å². The van der Waals surface area contributed by atoms with E-state index in [1.807, 2.05) is 11.8 Å². The summed E-state index contributed by atoms with van der Waals surface area (Å²) in [7, 11) is -3.05. The Bertz CT molecular complexity index is 377. The summed E-state index contributed by atoms with van der Waals surface area (Å²) in [4.78, 5) is 0. The molecule has 19 heavy (non-hydrogen) atoms. The zero-order valence-corrected chi connectivity index (χ0v) is 14.4. The molecule has 1 fully saturated rings. The second-order valence-corrected chi connectivity index (χ2v) is 10.2. The first-order chi connectivity index (χ1) is 8.59. The van der Waals surface area contributed by atoms with Gasteiger partial charge >= 0.3 is 0 Å². The van der Waals surface area contributed by atoms with Crippen LogP contribution in [0, 0.1) is 0 Å². The van der Waals surface area contributed by atoms with Crippen molar-refractivity contribution in [3.05, 3.63) is 0 Å². The van der Waals surface area contributed by atoms with E-state index >= 15 is 0 Å². The monoisotopic (exact) mass is 308 g/mol. The lowest BCUT2D eigenvalue weighted by Crippen LogP contribution is -2.44. The normalized spacial score (nSPS) is 23.7. The van der Waals surface area contributed by atoms with Crippen molar-refractivity contribution in [3.8, 4) is 0 Å². The molecule has 0 aromatic carbocycles. The quantitative estimate of drug-likeness (QED) is 0.814. The summed E-state index contributed by atoms with van der Waals surface area (Å²) in [5.74, 6) is 1.05. The van der Waals surface area contributed by atoms with Crippen molar-refractivity contribution in [1.82, 2.24) is 9.62 Å². The summed E-state index contributed by atoms with van der Waals surface area (Å²) in [5, 5.41) is 3.47. The second kappa shape index (κ2) is 6.78. The van der Waals surface area contributed by atoms with Gasteiger partial charge in [-0.05, 0) is 19.8 Å². The zero-order valence-electron chi connectivity index (χ0n) is 12.8. The molecule has 0 amide bonds. The molecule has 0 spiro atoms. The minimum atomic E-state index is -3.05. The van der Waals surface area contributed by atoms with Gasteiger partial charge in [0.15, 0.2) is 0 Å². The number of rotatable bonds is 6. The molecule has 1 aliphatic rings. The molecule has 1 unspecified atom stereocenters. The zero-order chi connectivity index (χ0) is 14.7. The van der Waals surface area contributed by atoms with Gasteiger partial charge in [0.05, 0.1) is 6.26 Å². The SMILES string of the molecule is CC(CSC(C)(C)C)NC[C@H]1CCCN1S(C)(=O)=O. The Morgan fingerprint density at radius 3 is 2.58 bits per heavy atom. The molecule has 6 heteroatoms. The van der Waals surface area contributed by atoms with Crippen LogP contribution in [0.2, 0.25) is 0 Å². The van der Waals surface area contributed by atoms with Crippen molar-refractivity contribution in [1.29, 1.82) is 0 Å². The second-order valence-electron chi connectivity index (χ2n) is 6.40. The minimum absolute atomic E-state index is 0.136. The average molecular weight is 309 g/mol. The van der Waals surface area contributed by atoms with E-state index in [0.29, 0.717) is 12.6 Å². The molecule has 0 aromatic rings. The van der Waals surface area contributed by atoms with Crippen LogP contribution in [0.5, 0.6) is 0 Å². The van der Waals surface area contributed by atoms with Crippen molar-refractivity contribution in [3.63, 3.8) is 0 Å². The highest BCUT2D eigenvalue weighted by molar-refractivity contribution is 8.00. The van der Waals surface area contributed by atoms with E-state index in [4.69, 9.17) is 0 Å². The molecule has 1 N–H and O–H groups in total. The van der Waals surface area contributed by atoms with Gasteiger partial charge < -0.3 is 5.32 Å². The van der Waals surface area contributed by atoms with Gasteiger partial charge in [-0.25, -0.2) is 8.42 Å². The lowest BCUT2D eigenvalue weighted by atomic mass is 10.2. The predicted octanol–water partition coefficient (Wildman–Crippen LogP) is 1.92. The van der Waals surface area contributed by atoms with Crippen molar-refractivity contribution >= 4 is 21.8 Å². The minimum Gasteiger partial charge on any atom is -0.312 e. The Balaban J connectivity index is 2.36. The van der Waals surface area contributed by atoms with E-state index in [1.165, 1.54) is 6.26 Å². The lowest BCUT2D eigenvalue weighted by molar-refractivity contribution is 0.366. The third-order valence-corrected chi connectivity index (χ3v) is 6.08. The molecule has 0 aromatic heterocycles. The van der Waals surface area contributed by atoms with Gasteiger partial charge in [-0.1, -0.05) is 20.8 Å². The number of sulfonamides is 1. The molecule has 1 heterocycles. The Morgan fingerprint density at radius 2 is 2.05 bits per heavy atom. The largest absolute Gasteiger partial charge is 0.312 e. The third kappa shape index (κ3) is 6.47. The van der Waals surface area contributed by atoms with Gasteiger partial charge in [0.2, 0.25) is 10.0 Å². The molecule has 0 aliphatic carbocycles. The summed E-state index contributed by atoms with van der Waals surface area (Å²) in [5.41, 5.74) is 0. The Hall–Kier alpha value is 0.220. The number of hydrogen-bond donors (Lipinski definition) is 1. The van der Waals surface area contributed by atoms with Crippen LogP contribution in [0.15, 0.2) is 0 Å². The molecule has 0 radical (unpaired) electrons. The molecule has 4 nitrogen and oxygen atoms in total. The maximum absolute atomic E-state index is 11.6. The van der Waals surface area contributed by atoms with Crippen LogP contribution >= 0.6 is 11.8 Å². The van der Waals surface area contributed by atoms with E-state index in [-0.39, 0.29) is 10.8 Å². The lowest BCUT2D eigenvalue weighted by Gasteiger charge is -2.25. The Morgan fingerprint density at radius 1 is 1.42 bits per heavy atom. The van der Waals surface area contributed by atoms with Crippen LogP contribution in [-0.4, -0.2) is 54.7 Å². The summed E-state index contributed by atoms with van der Waals surface area (Å²) >= 11 is 1.94. The van der Waals surface area contributed by atoms with Gasteiger partial charge in [-0.2, -0.15) is 16.1 Å². The maximum Gasteiger partial charge on any atom is 0.211 e. The summed E-state index contributed by atoms with van der Waals surface area (Å²) < 4.78 is 25.2. The number of thioether (sulfide) groups is 1. The highest BCUT2D eigenvalue weighted by atomic mass is 32.2. The van der Waals surface area contributed by atoms with Gasteiger partial charge in [0.1, 0.15) is 0 Å². The van der Waals surface area contributed by atoms with Crippen LogP contribution in [0.25, 0.3) is 0 Å². The highest BCUT2D eigenvalue weighted by Gasteiger charge is 2.31. The molecule has 2 atom stereocenters.